The van der Waals surface area contributed by atoms with Gasteiger partial charge in [-0.15, -0.1) is 0 Å². The number of rotatable bonds is 6. The van der Waals surface area contributed by atoms with Gasteiger partial charge in [-0.3, -0.25) is 10.2 Å². The molecule has 0 bridgehead atoms. The summed E-state index contributed by atoms with van der Waals surface area (Å²) < 4.78 is 0. The van der Waals surface area contributed by atoms with Crippen molar-refractivity contribution in [3.05, 3.63) is 52.7 Å². The molecule has 0 saturated heterocycles. The molecule has 5 N–H and O–H groups in total. The molecule has 0 aliphatic carbocycles. The van der Waals surface area contributed by atoms with Crippen LogP contribution in [0.4, 0.5) is 17.5 Å². The predicted molar refractivity (Wildman–Crippen MR) is 104 cm³/mol. The van der Waals surface area contributed by atoms with Crippen LogP contribution in [-0.2, 0) is 0 Å². The summed E-state index contributed by atoms with van der Waals surface area (Å²) in [5.41, 5.74) is 1.56. The minimum Gasteiger partial charge on any atom is -0.373 e. The molecule has 1 aromatic carbocycles. The molecule has 1 heterocycles. The Morgan fingerprint density at radius 3 is 2.73 bits per heavy atom. The lowest BCUT2D eigenvalue weighted by molar-refractivity contribution is 0.0977. The lowest BCUT2D eigenvalue weighted by Gasteiger charge is -2.10. The summed E-state index contributed by atoms with van der Waals surface area (Å²) in [7, 11) is 1.76. The molecule has 9 heteroatoms. The van der Waals surface area contributed by atoms with Crippen molar-refractivity contribution < 1.29 is 4.79 Å². The largest absolute Gasteiger partial charge is 0.373 e. The lowest BCUT2D eigenvalue weighted by Crippen LogP contribution is -2.28. The monoisotopic (exact) mass is 371 g/mol. The highest BCUT2D eigenvalue weighted by Gasteiger charge is 2.13. The van der Waals surface area contributed by atoms with Crippen LogP contribution < -0.4 is 16.0 Å². The molecule has 0 aliphatic heterocycles. The quantitative estimate of drug-likeness (QED) is 0.394. The molecule has 1 aromatic heterocycles. The molecule has 8 nitrogen and oxygen atoms in total. The van der Waals surface area contributed by atoms with Crippen molar-refractivity contribution in [2.24, 2.45) is 0 Å². The van der Waals surface area contributed by atoms with E-state index in [2.05, 4.69) is 25.9 Å². The Kier molecular flexibility index (Phi) is 6.40. The van der Waals surface area contributed by atoms with Gasteiger partial charge in [0.15, 0.2) is 0 Å². The summed E-state index contributed by atoms with van der Waals surface area (Å²) in [6.07, 6.45) is 3.64. The van der Waals surface area contributed by atoms with Crippen LogP contribution in [0.2, 0.25) is 5.02 Å². The molecule has 0 fully saturated rings. The van der Waals surface area contributed by atoms with Gasteiger partial charge in [0.25, 0.3) is 5.91 Å². The van der Waals surface area contributed by atoms with Crippen LogP contribution >= 0.6 is 11.6 Å². The molecular weight excluding hydrogens is 354 g/mol. The summed E-state index contributed by atoms with van der Waals surface area (Å²) >= 11 is 6.10. The van der Waals surface area contributed by atoms with Crippen LogP contribution in [0.15, 0.2) is 36.4 Å². The Bertz CT molecular complexity index is 879. The Balaban J connectivity index is 2.22. The number of carbonyl (C=O) groups excluding carboxylic acids is 1. The van der Waals surface area contributed by atoms with Gasteiger partial charge in [0.2, 0.25) is 5.95 Å². The third-order valence-electron chi connectivity index (χ3n) is 3.18. The zero-order valence-electron chi connectivity index (χ0n) is 14.2. The van der Waals surface area contributed by atoms with E-state index in [1.807, 2.05) is 6.92 Å². The number of nitrogens with one attached hydrogen (secondary N) is 5. The SMILES string of the molecule is CNc1cc(C)nc(Nc2ccc(Cl)c(C(=O)NC(=N)/C=C\C=N)c2)n1. The van der Waals surface area contributed by atoms with E-state index in [-0.39, 0.29) is 16.4 Å². The summed E-state index contributed by atoms with van der Waals surface area (Å²) in [4.78, 5) is 20.9. The van der Waals surface area contributed by atoms with E-state index < -0.39 is 5.91 Å². The maximum absolute atomic E-state index is 12.3. The predicted octanol–water partition coefficient (Wildman–Crippen LogP) is 3.14. The normalized spacial score (nSPS) is 10.4. The van der Waals surface area contributed by atoms with E-state index in [1.165, 1.54) is 12.2 Å². The van der Waals surface area contributed by atoms with Gasteiger partial charge < -0.3 is 21.4 Å². The summed E-state index contributed by atoms with van der Waals surface area (Å²) in [5, 5.41) is 23.1. The van der Waals surface area contributed by atoms with Gasteiger partial charge in [-0.25, -0.2) is 4.98 Å². The van der Waals surface area contributed by atoms with Gasteiger partial charge >= 0.3 is 0 Å². The van der Waals surface area contributed by atoms with Gasteiger partial charge in [0.1, 0.15) is 11.7 Å². The van der Waals surface area contributed by atoms with Gasteiger partial charge in [-0.1, -0.05) is 11.6 Å². The van der Waals surface area contributed by atoms with Crippen LogP contribution in [0.25, 0.3) is 0 Å². The number of benzene rings is 1. The first kappa shape index (κ1) is 19.1. The Morgan fingerprint density at radius 2 is 2.04 bits per heavy atom. The van der Waals surface area contributed by atoms with Gasteiger partial charge in [-0.05, 0) is 37.3 Å². The zero-order valence-corrected chi connectivity index (χ0v) is 15.0. The van der Waals surface area contributed by atoms with E-state index in [0.717, 1.165) is 11.9 Å². The minimum absolute atomic E-state index is 0.145. The molecule has 134 valence electrons. The third-order valence-corrected chi connectivity index (χ3v) is 3.51. The van der Waals surface area contributed by atoms with Crippen molar-refractivity contribution in [2.45, 2.75) is 6.92 Å². The Hall–Kier alpha value is -3.26. The number of amidine groups is 1. The summed E-state index contributed by atoms with van der Waals surface area (Å²) in [6.45, 7) is 1.85. The number of amides is 1. The molecule has 0 aliphatic rings. The standard InChI is InChI=1S/C17H18ClN7O/c1-10-8-15(21-2)25-17(22-10)23-11-5-6-13(18)12(9-11)16(26)24-14(20)4-3-7-19/h3-9,19H,1-2H3,(H2,20,24,26)(H2,21,22,23,25)/b4-3-,19-7?. The third kappa shape index (κ3) is 5.12. The average Bonchev–Trinajstić information content (AvgIpc) is 2.60. The number of hydrogen-bond acceptors (Lipinski definition) is 7. The van der Waals surface area contributed by atoms with Crippen molar-refractivity contribution in [1.29, 1.82) is 10.8 Å². The van der Waals surface area contributed by atoms with E-state index in [1.54, 1.807) is 31.3 Å². The van der Waals surface area contributed by atoms with E-state index in [0.29, 0.717) is 17.5 Å². The summed E-state index contributed by atoms with van der Waals surface area (Å²) in [6, 6.07) is 6.63. The first-order chi connectivity index (χ1) is 12.4. The van der Waals surface area contributed by atoms with E-state index in [4.69, 9.17) is 22.4 Å². The molecular formula is C17H18ClN7O. The molecule has 0 spiro atoms. The number of allylic oxidation sites excluding steroid dienone is 1. The van der Waals surface area contributed by atoms with Crippen molar-refractivity contribution in [3.8, 4) is 0 Å². The van der Waals surface area contributed by atoms with Crippen molar-refractivity contribution >= 4 is 47.0 Å². The molecule has 1 amide bonds. The van der Waals surface area contributed by atoms with Crippen molar-refractivity contribution in [3.63, 3.8) is 0 Å². The van der Waals surface area contributed by atoms with Crippen LogP contribution in [0.3, 0.4) is 0 Å². The first-order valence-corrected chi connectivity index (χ1v) is 7.97. The number of anilines is 3. The van der Waals surface area contributed by atoms with Gasteiger partial charge in [0.05, 0.1) is 10.6 Å². The second kappa shape index (κ2) is 8.72. The minimum atomic E-state index is -0.528. The van der Waals surface area contributed by atoms with E-state index in [9.17, 15) is 4.79 Å². The molecule has 0 radical (unpaired) electrons. The second-order valence-corrected chi connectivity index (χ2v) is 5.59. The topological polar surface area (TPSA) is 127 Å². The number of hydrogen-bond donors (Lipinski definition) is 5. The number of aromatic nitrogens is 2. The van der Waals surface area contributed by atoms with Crippen LogP contribution in [0, 0.1) is 17.7 Å². The molecule has 2 rings (SSSR count). The maximum atomic E-state index is 12.3. The molecule has 26 heavy (non-hydrogen) atoms. The first-order valence-electron chi connectivity index (χ1n) is 7.60. The summed E-state index contributed by atoms with van der Waals surface area (Å²) in [5.74, 6) is 0.371. The molecule has 0 unspecified atom stereocenters. The van der Waals surface area contributed by atoms with Crippen LogP contribution in [0.1, 0.15) is 16.1 Å². The molecule has 0 saturated carbocycles. The fourth-order valence-electron chi connectivity index (χ4n) is 2.03. The zero-order chi connectivity index (χ0) is 19.1. The van der Waals surface area contributed by atoms with Crippen LogP contribution in [0.5, 0.6) is 0 Å². The fraction of sp³-hybridized carbons (Fsp3) is 0.118. The van der Waals surface area contributed by atoms with Crippen molar-refractivity contribution in [2.75, 3.05) is 17.7 Å². The highest BCUT2D eigenvalue weighted by atomic mass is 35.5. The maximum Gasteiger partial charge on any atom is 0.258 e. The average molecular weight is 372 g/mol. The lowest BCUT2D eigenvalue weighted by atomic mass is 10.2. The Morgan fingerprint density at radius 1 is 1.27 bits per heavy atom. The number of nitrogens with zero attached hydrogens (tertiary/aromatic N) is 2. The smallest absolute Gasteiger partial charge is 0.258 e. The highest BCUT2D eigenvalue weighted by molar-refractivity contribution is 6.34. The van der Waals surface area contributed by atoms with Gasteiger partial charge in [-0.2, -0.15) is 4.98 Å². The van der Waals surface area contributed by atoms with Crippen LogP contribution in [-0.4, -0.2) is 35.0 Å². The highest BCUT2D eigenvalue weighted by Crippen LogP contribution is 2.23. The molecule has 2 aromatic rings. The van der Waals surface area contributed by atoms with E-state index >= 15 is 0 Å². The number of aryl methyl sites for hydroxylation is 1. The fourth-order valence-corrected chi connectivity index (χ4v) is 2.24. The molecule has 0 atom stereocenters. The number of carbonyl (C=O) groups is 1. The number of halogens is 1. The second-order valence-electron chi connectivity index (χ2n) is 5.18. The van der Waals surface area contributed by atoms with Gasteiger partial charge in [0, 0.05) is 30.7 Å². The van der Waals surface area contributed by atoms with Crippen molar-refractivity contribution in [1.82, 2.24) is 15.3 Å². The Labute approximate surface area is 155 Å².